The molecule has 0 fully saturated rings. The first-order valence-electron chi connectivity index (χ1n) is 17.4. The first-order valence-corrected chi connectivity index (χ1v) is 17.4. The molecule has 0 aliphatic heterocycles. The Balaban J connectivity index is 1.01. The van der Waals surface area contributed by atoms with Crippen molar-refractivity contribution in [2.45, 2.75) is 12.8 Å². The van der Waals surface area contributed by atoms with Gasteiger partial charge in [-0.2, -0.15) is 0 Å². The zero-order valence-corrected chi connectivity index (χ0v) is 27.8. The molecule has 1 heterocycles. The minimum atomic E-state index is 1.06. The molecule has 0 bridgehead atoms. The maximum atomic E-state index is 2.45. The maximum Gasteiger partial charge on any atom is 0.0538 e. The number of allylic oxidation sites excluding steroid dienone is 1. The smallest absolute Gasteiger partial charge is 0.0538 e. The number of fused-ring (bicyclic) bond motifs is 3. The lowest BCUT2D eigenvalue weighted by Gasteiger charge is -2.26. The summed E-state index contributed by atoms with van der Waals surface area (Å²) in [4.78, 5) is 2.32. The van der Waals surface area contributed by atoms with Gasteiger partial charge in [-0.05, 0) is 107 Å². The van der Waals surface area contributed by atoms with Gasteiger partial charge in [0.2, 0.25) is 0 Å². The molecule has 7 aromatic carbocycles. The number of hydrogen-bond donors (Lipinski definition) is 0. The predicted octanol–water partition coefficient (Wildman–Crippen LogP) is 13.1. The van der Waals surface area contributed by atoms with Gasteiger partial charge < -0.3 is 9.47 Å². The van der Waals surface area contributed by atoms with Crippen LogP contribution in [0.15, 0.2) is 188 Å². The number of nitrogens with zero attached hydrogens (tertiary/aromatic N) is 2. The number of aromatic nitrogens is 1. The van der Waals surface area contributed by atoms with E-state index in [1.165, 1.54) is 61.2 Å². The lowest BCUT2D eigenvalue weighted by molar-refractivity contribution is 0.888. The molecule has 1 aliphatic rings. The molecule has 9 rings (SSSR count). The Hall–Kier alpha value is -6.38. The Labute approximate surface area is 293 Å². The highest BCUT2D eigenvalue weighted by molar-refractivity contribution is 5.96. The van der Waals surface area contributed by atoms with Crippen molar-refractivity contribution in [3.8, 4) is 39.1 Å². The zero-order chi connectivity index (χ0) is 33.3. The summed E-state index contributed by atoms with van der Waals surface area (Å²) in [6.07, 6.45) is 6.76. The van der Waals surface area contributed by atoms with Crippen molar-refractivity contribution in [1.29, 1.82) is 0 Å². The first kappa shape index (κ1) is 29.7. The van der Waals surface area contributed by atoms with Gasteiger partial charge in [-0.3, -0.25) is 0 Å². The van der Waals surface area contributed by atoms with Gasteiger partial charge in [0.1, 0.15) is 0 Å². The Morgan fingerprint density at radius 2 is 0.880 bits per heavy atom. The highest BCUT2D eigenvalue weighted by Gasteiger charge is 2.19. The Bertz CT molecular complexity index is 2420. The SMILES string of the molecule is C1=Cc2c(n(-c3ccccc3)c3ccc(-c4ccc(-c5ccc(N(c6ccccc6)c6ccc(-c7ccccc7)cc6)cc5)cc4)cc23)CC1. The molecule has 2 nitrogen and oxygen atoms in total. The largest absolute Gasteiger partial charge is 0.313 e. The quantitative estimate of drug-likeness (QED) is 0.168. The molecular formula is C48H36N2. The molecule has 8 aromatic rings. The summed E-state index contributed by atoms with van der Waals surface area (Å²) >= 11 is 0. The van der Waals surface area contributed by atoms with E-state index in [-0.39, 0.29) is 0 Å². The fourth-order valence-electron chi connectivity index (χ4n) is 7.39. The van der Waals surface area contributed by atoms with Crippen LogP contribution in [0.1, 0.15) is 17.7 Å². The van der Waals surface area contributed by atoms with Crippen LogP contribution in [0, 0.1) is 0 Å². The zero-order valence-electron chi connectivity index (χ0n) is 27.8. The minimum absolute atomic E-state index is 1.06. The highest BCUT2D eigenvalue weighted by Crippen LogP contribution is 2.38. The first-order chi connectivity index (χ1) is 24.8. The Morgan fingerprint density at radius 3 is 1.48 bits per heavy atom. The van der Waals surface area contributed by atoms with Gasteiger partial charge in [0.05, 0.1) is 5.52 Å². The van der Waals surface area contributed by atoms with Gasteiger partial charge in [-0.25, -0.2) is 0 Å². The van der Waals surface area contributed by atoms with Crippen LogP contribution in [-0.4, -0.2) is 4.57 Å². The number of rotatable bonds is 7. The fraction of sp³-hybridized carbons (Fsp3) is 0.0417. The van der Waals surface area contributed by atoms with E-state index in [1.807, 2.05) is 0 Å². The van der Waals surface area contributed by atoms with Gasteiger partial charge in [-0.1, -0.05) is 133 Å². The van der Waals surface area contributed by atoms with Crippen LogP contribution < -0.4 is 4.90 Å². The molecule has 0 spiro atoms. The predicted molar refractivity (Wildman–Crippen MR) is 212 cm³/mol. The molecular weight excluding hydrogens is 605 g/mol. The van der Waals surface area contributed by atoms with Crippen LogP contribution in [0.5, 0.6) is 0 Å². The minimum Gasteiger partial charge on any atom is -0.313 e. The average molecular weight is 641 g/mol. The third-order valence-corrected chi connectivity index (χ3v) is 9.88. The molecule has 0 radical (unpaired) electrons. The molecule has 0 N–H and O–H groups in total. The van der Waals surface area contributed by atoms with E-state index < -0.39 is 0 Å². The van der Waals surface area contributed by atoms with Crippen LogP contribution in [0.3, 0.4) is 0 Å². The lowest BCUT2D eigenvalue weighted by Crippen LogP contribution is -2.09. The van der Waals surface area contributed by atoms with Gasteiger partial charge in [-0.15, -0.1) is 0 Å². The van der Waals surface area contributed by atoms with Gasteiger partial charge >= 0.3 is 0 Å². The Morgan fingerprint density at radius 1 is 0.420 bits per heavy atom. The van der Waals surface area contributed by atoms with E-state index in [0.717, 1.165) is 29.9 Å². The van der Waals surface area contributed by atoms with E-state index in [0.29, 0.717) is 0 Å². The van der Waals surface area contributed by atoms with E-state index in [1.54, 1.807) is 0 Å². The molecule has 0 atom stereocenters. The number of hydrogen-bond acceptors (Lipinski definition) is 1. The van der Waals surface area contributed by atoms with E-state index in [4.69, 9.17) is 0 Å². The normalized spacial score (nSPS) is 12.2. The van der Waals surface area contributed by atoms with Crippen molar-refractivity contribution in [2.24, 2.45) is 0 Å². The summed E-state index contributed by atoms with van der Waals surface area (Å²) in [5.41, 5.74) is 15.9. The highest BCUT2D eigenvalue weighted by atomic mass is 15.1. The summed E-state index contributed by atoms with van der Waals surface area (Å²) < 4.78 is 2.45. The van der Waals surface area contributed by atoms with Gasteiger partial charge in [0, 0.05) is 39.4 Å². The third-order valence-electron chi connectivity index (χ3n) is 9.88. The molecule has 238 valence electrons. The van der Waals surface area contributed by atoms with Crippen LogP contribution in [0.2, 0.25) is 0 Å². The van der Waals surface area contributed by atoms with Crippen molar-refractivity contribution in [3.05, 3.63) is 199 Å². The molecule has 0 saturated heterocycles. The molecule has 1 aromatic heterocycles. The summed E-state index contributed by atoms with van der Waals surface area (Å²) in [6, 6.07) is 65.6. The molecule has 50 heavy (non-hydrogen) atoms. The second kappa shape index (κ2) is 12.9. The van der Waals surface area contributed by atoms with E-state index >= 15 is 0 Å². The van der Waals surface area contributed by atoms with Crippen molar-refractivity contribution in [1.82, 2.24) is 4.57 Å². The van der Waals surface area contributed by atoms with Crippen molar-refractivity contribution in [3.63, 3.8) is 0 Å². The number of benzene rings is 7. The number of anilines is 3. The van der Waals surface area contributed by atoms with E-state index in [2.05, 4.69) is 204 Å². The lowest BCUT2D eigenvalue weighted by atomic mass is 9.97. The van der Waals surface area contributed by atoms with Crippen LogP contribution in [0.4, 0.5) is 17.1 Å². The number of para-hydroxylation sites is 2. The second-order valence-corrected chi connectivity index (χ2v) is 12.9. The van der Waals surface area contributed by atoms with Gasteiger partial charge in [0.15, 0.2) is 0 Å². The van der Waals surface area contributed by atoms with Crippen LogP contribution in [0.25, 0.3) is 56.0 Å². The van der Waals surface area contributed by atoms with E-state index in [9.17, 15) is 0 Å². The summed E-state index contributed by atoms with van der Waals surface area (Å²) in [6.45, 7) is 0. The fourth-order valence-corrected chi connectivity index (χ4v) is 7.39. The summed E-state index contributed by atoms with van der Waals surface area (Å²) in [5, 5.41) is 1.31. The molecule has 0 unspecified atom stereocenters. The standard InChI is InChI=1S/C48H36N2/c1-4-12-35(13-5-1)37-24-29-43(30-25-37)49(41-14-6-2-7-15-41)44-31-26-38(27-32-44)36-20-22-39(23-21-36)40-28-33-48-46(34-40)45-18-10-11-19-47(45)50(48)42-16-8-3-9-17-42/h1-10,12-18,20-34H,11,19H2. The monoisotopic (exact) mass is 640 g/mol. The second-order valence-electron chi connectivity index (χ2n) is 12.9. The maximum absolute atomic E-state index is 2.45. The molecule has 0 amide bonds. The molecule has 1 aliphatic carbocycles. The average Bonchev–Trinajstić information content (AvgIpc) is 3.53. The van der Waals surface area contributed by atoms with Crippen molar-refractivity contribution >= 4 is 34.0 Å². The molecule has 2 heteroatoms. The third kappa shape index (κ3) is 5.51. The van der Waals surface area contributed by atoms with Crippen molar-refractivity contribution < 1.29 is 0 Å². The van der Waals surface area contributed by atoms with Crippen LogP contribution >= 0.6 is 0 Å². The summed E-state index contributed by atoms with van der Waals surface area (Å²) in [7, 11) is 0. The Kier molecular flexibility index (Phi) is 7.68. The molecule has 0 saturated carbocycles. The topological polar surface area (TPSA) is 8.17 Å². The summed E-state index contributed by atoms with van der Waals surface area (Å²) in [5.74, 6) is 0. The van der Waals surface area contributed by atoms with Crippen LogP contribution in [-0.2, 0) is 6.42 Å². The van der Waals surface area contributed by atoms with Gasteiger partial charge in [0.25, 0.3) is 0 Å². The van der Waals surface area contributed by atoms with Crippen molar-refractivity contribution in [2.75, 3.05) is 4.90 Å².